The molecule has 0 aromatic carbocycles. The fraction of sp³-hybridized carbons (Fsp3) is 0.812. The molecule has 2 aliphatic rings. The van der Waals surface area contributed by atoms with Crippen LogP contribution in [0, 0.1) is 5.41 Å². The normalized spacial score (nSPS) is 24.4. The first-order chi connectivity index (χ1) is 9.59. The van der Waals surface area contributed by atoms with E-state index in [2.05, 4.69) is 12.0 Å². The second-order valence-corrected chi connectivity index (χ2v) is 7.21. The van der Waals surface area contributed by atoms with Gasteiger partial charge in [-0.25, -0.2) is 0 Å². The molecule has 1 aromatic heterocycles. The molecule has 0 radical (unpaired) electrons. The molecule has 3 rings (SSSR count). The van der Waals surface area contributed by atoms with Crippen molar-refractivity contribution < 1.29 is 5.11 Å². The van der Waals surface area contributed by atoms with Gasteiger partial charge in [0.1, 0.15) is 5.60 Å². The van der Waals surface area contributed by atoms with Crippen LogP contribution in [-0.4, -0.2) is 14.9 Å². The van der Waals surface area contributed by atoms with Crippen LogP contribution in [0.15, 0.2) is 6.20 Å². The van der Waals surface area contributed by atoms with Gasteiger partial charge >= 0.3 is 0 Å². The molecule has 20 heavy (non-hydrogen) atoms. The van der Waals surface area contributed by atoms with E-state index in [-0.39, 0.29) is 0 Å². The van der Waals surface area contributed by atoms with Crippen LogP contribution in [0.4, 0.5) is 0 Å². The second kappa shape index (κ2) is 5.34. The number of hydrogen-bond donors (Lipinski definition) is 1. The highest BCUT2D eigenvalue weighted by Gasteiger charge is 2.45. The Labute approximate surface area is 126 Å². The quantitative estimate of drug-likeness (QED) is 0.904. The Balaban J connectivity index is 1.81. The van der Waals surface area contributed by atoms with E-state index in [9.17, 15) is 5.11 Å². The number of halogens is 1. The topological polar surface area (TPSA) is 38.0 Å². The number of hydrogen-bond acceptors (Lipinski definition) is 2. The summed E-state index contributed by atoms with van der Waals surface area (Å²) in [6.07, 6.45) is 12.1. The zero-order chi connectivity index (χ0) is 14.2. The van der Waals surface area contributed by atoms with Gasteiger partial charge in [-0.05, 0) is 50.4 Å². The van der Waals surface area contributed by atoms with Gasteiger partial charge in [0, 0.05) is 6.54 Å². The summed E-state index contributed by atoms with van der Waals surface area (Å²) in [4.78, 5) is 0. The molecular formula is C16H25ClN2O. The molecule has 0 aliphatic heterocycles. The van der Waals surface area contributed by atoms with Gasteiger partial charge in [0.05, 0.1) is 16.9 Å². The van der Waals surface area contributed by atoms with Crippen molar-refractivity contribution >= 4 is 11.6 Å². The van der Waals surface area contributed by atoms with Crippen molar-refractivity contribution in [2.24, 2.45) is 5.41 Å². The standard InChI is InChI=1S/C16H25ClN2O/c1-2-11-19-14(13(17)12-18-19)16(20)9-7-15(8-10-16)5-3-4-6-15/h12,20H,2-11H2,1H3. The number of aryl methyl sites for hydroxylation is 1. The third-order valence-corrected chi connectivity index (χ3v) is 5.75. The van der Waals surface area contributed by atoms with Crippen molar-refractivity contribution in [3.05, 3.63) is 16.9 Å². The first kappa shape index (κ1) is 14.4. The molecule has 2 aliphatic carbocycles. The van der Waals surface area contributed by atoms with E-state index < -0.39 is 5.60 Å². The summed E-state index contributed by atoms with van der Waals surface area (Å²) in [6.45, 7) is 2.95. The average Bonchev–Trinajstić information content (AvgIpc) is 3.03. The predicted octanol–water partition coefficient (Wildman–Crippen LogP) is 4.27. The number of aromatic nitrogens is 2. The average molecular weight is 297 g/mol. The Morgan fingerprint density at radius 1 is 1.20 bits per heavy atom. The Morgan fingerprint density at radius 3 is 2.45 bits per heavy atom. The van der Waals surface area contributed by atoms with Crippen molar-refractivity contribution in [3.63, 3.8) is 0 Å². The molecule has 0 amide bonds. The highest BCUT2D eigenvalue weighted by Crippen LogP contribution is 2.54. The molecule has 0 unspecified atom stereocenters. The van der Waals surface area contributed by atoms with Crippen molar-refractivity contribution in [1.82, 2.24) is 9.78 Å². The van der Waals surface area contributed by atoms with Gasteiger partial charge in [0.15, 0.2) is 0 Å². The summed E-state index contributed by atoms with van der Waals surface area (Å²) in [5.41, 5.74) is 0.610. The van der Waals surface area contributed by atoms with E-state index in [1.807, 2.05) is 4.68 Å². The summed E-state index contributed by atoms with van der Waals surface area (Å²) >= 11 is 6.31. The minimum absolute atomic E-state index is 0.522. The maximum Gasteiger partial charge on any atom is 0.108 e. The van der Waals surface area contributed by atoms with Gasteiger partial charge in [0.25, 0.3) is 0 Å². The minimum atomic E-state index is -0.767. The van der Waals surface area contributed by atoms with Crippen molar-refractivity contribution in [2.45, 2.75) is 76.9 Å². The fourth-order valence-corrected chi connectivity index (χ4v) is 4.58. The molecule has 1 spiro atoms. The minimum Gasteiger partial charge on any atom is -0.384 e. The molecule has 1 N–H and O–H groups in total. The number of rotatable bonds is 3. The van der Waals surface area contributed by atoms with Crippen LogP contribution in [0.3, 0.4) is 0 Å². The van der Waals surface area contributed by atoms with Crippen LogP contribution in [0.5, 0.6) is 0 Å². The Bertz CT molecular complexity index is 467. The molecule has 0 atom stereocenters. The van der Waals surface area contributed by atoms with Crippen molar-refractivity contribution in [1.29, 1.82) is 0 Å². The zero-order valence-electron chi connectivity index (χ0n) is 12.4. The van der Waals surface area contributed by atoms with E-state index in [0.717, 1.165) is 44.3 Å². The third-order valence-electron chi connectivity index (χ3n) is 5.47. The first-order valence-electron chi connectivity index (χ1n) is 8.03. The lowest BCUT2D eigenvalue weighted by Crippen LogP contribution is -2.38. The van der Waals surface area contributed by atoms with Gasteiger partial charge in [-0.1, -0.05) is 31.4 Å². The van der Waals surface area contributed by atoms with Gasteiger partial charge in [-0.2, -0.15) is 5.10 Å². The monoisotopic (exact) mass is 296 g/mol. The molecule has 1 aromatic rings. The predicted molar refractivity (Wildman–Crippen MR) is 80.8 cm³/mol. The van der Waals surface area contributed by atoms with Crippen molar-refractivity contribution in [2.75, 3.05) is 0 Å². The highest BCUT2D eigenvalue weighted by molar-refractivity contribution is 6.31. The SMILES string of the molecule is CCCn1ncc(Cl)c1C1(O)CCC2(CCCC2)CC1. The Kier molecular flexibility index (Phi) is 3.85. The Morgan fingerprint density at radius 2 is 1.85 bits per heavy atom. The van der Waals surface area contributed by atoms with E-state index in [4.69, 9.17) is 11.6 Å². The molecule has 4 heteroatoms. The smallest absolute Gasteiger partial charge is 0.108 e. The summed E-state index contributed by atoms with van der Waals surface area (Å²) in [7, 11) is 0. The summed E-state index contributed by atoms with van der Waals surface area (Å²) in [5.74, 6) is 0. The lowest BCUT2D eigenvalue weighted by atomic mass is 9.67. The van der Waals surface area contributed by atoms with E-state index in [0.29, 0.717) is 10.4 Å². The zero-order valence-corrected chi connectivity index (χ0v) is 13.1. The molecule has 0 saturated heterocycles. The Hall–Kier alpha value is -0.540. The van der Waals surface area contributed by atoms with Gasteiger partial charge in [0.2, 0.25) is 0 Å². The summed E-state index contributed by atoms with van der Waals surface area (Å²) in [5, 5.41) is 16.1. The van der Waals surface area contributed by atoms with Crippen LogP contribution in [0.1, 0.15) is 70.4 Å². The molecule has 3 nitrogen and oxygen atoms in total. The molecule has 2 fully saturated rings. The highest BCUT2D eigenvalue weighted by atomic mass is 35.5. The van der Waals surface area contributed by atoms with Gasteiger partial charge in [-0.15, -0.1) is 0 Å². The van der Waals surface area contributed by atoms with Gasteiger partial charge < -0.3 is 5.11 Å². The number of aliphatic hydroxyl groups is 1. The van der Waals surface area contributed by atoms with Crippen molar-refractivity contribution in [3.8, 4) is 0 Å². The van der Waals surface area contributed by atoms with Gasteiger partial charge in [-0.3, -0.25) is 4.68 Å². The summed E-state index contributed by atoms with van der Waals surface area (Å²) < 4.78 is 1.91. The molecule has 2 saturated carbocycles. The summed E-state index contributed by atoms with van der Waals surface area (Å²) in [6, 6.07) is 0. The van der Waals surface area contributed by atoms with E-state index >= 15 is 0 Å². The first-order valence-corrected chi connectivity index (χ1v) is 8.41. The molecule has 0 bridgehead atoms. The van der Waals surface area contributed by atoms with Crippen LogP contribution in [-0.2, 0) is 12.1 Å². The van der Waals surface area contributed by atoms with Crippen LogP contribution >= 0.6 is 11.6 Å². The number of nitrogens with zero attached hydrogens (tertiary/aromatic N) is 2. The maximum absolute atomic E-state index is 11.1. The third kappa shape index (κ3) is 2.39. The largest absolute Gasteiger partial charge is 0.384 e. The molecular weight excluding hydrogens is 272 g/mol. The van der Waals surface area contributed by atoms with Crippen LogP contribution < -0.4 is 0 Å². The fourth-order valence-electron chi connectivity index (χ4n) is 4.26. The molecule has 112 valence electrons. The van der Waals surface area contributed by atoms with Crippen LogP contribution in [0.25, 0.3) is 0 Å². The lowest BCUT2D eigenvalue weighted by molar-refractivity contribution is -0.0440. The maximum atomic E-state index is 11.1. The lowest BCUT2D eigenvalue weighted by Gasteiger charge is -2.42. The van der Waals surface area contributed by atoms with E-state index in [1.54, 1.807) is 6.20 Å². The van der Waals surface area contributed by atoms with Crippen LogP contribution in [0.2, 0.25) is 5.02 Å². The van der Waals surface area contributed by atoms with E-state index in [1.165, 1.54) is 25.7 Å². The second-order valence-electron chi connectivity index (χ2n) is 6.80. The molecule has 1 heterocycles.